The molecular weight excluding hydrogens is 449 g/mol. The van der Waals surface area contributed by atoms with Gasteiger partial charge in [-0.25, -0.2) is 9.18 Å². The Morgan fingerprint density at radius 1 is 1.15 bits per heavy atom. The zero-order chi connectivity index (χ0) is 23.8. The van der Waals surface area contributed by atoms with E-state index in [0.29, 0.717) is 17.3 Å². The van der Waals surface area contributed by atoms with Crippen LogP contribution in [0, 0.1) is 12.7 Å². The van der Waals surface area contributed by atoms with Gasteiger partial charge in [0.1, 0.15) is 12.4 Å². The van der Waals surface area contributed by atoms with E-state index < -0.39 is 29.5 Å². The summed E-state index contributed by atoms with van der Waals surface area (Å²) in [6, 6.07) is 8.62. The van der Waals surface area contributed by atoms with E-state index in [9.17, 15) is 18.8 Å². The number of anilines is 1. The summed E-state index contributed by atoms with van der Waals surface area (Å²) < 4.78 is 31.9. The molecule has 1 N–H and O–H groups in total. The van der Waals surface area contributed by atoms with Crippen molar-refractivity contribution < 1.29 is 23.2 Å². The first-order valence-corrected chi connectivity index (χ1v) is 10.3. The van der Waals surface area contributed by atoms with Gasteiger partial charge in [0.05, 0.1) is 16.6 Å². The predicted molar refractivity (Wildman–Crippen MR) is 116 cm³/mol. The lowest BCUT2D eigenvalue weighted by Gasteiger charge is -2.14. The molecule has 0 atom stereocenters. The third-order valence-corrected chi connectivity index (χ3v) is 5.29. The highest BCUT2D eigenvalue weighted by atomic mass is 19.1. The molecule has 11 nitrogen and oxygen atoms in total. The molecule has 5 rings (SSSR count). The Hall–Kier alpha value is -4.48. The molecule has 1 aliphatic rings. The van der Waals surface area contributed by atoms with Gasteiger partial charge in [0.25, 0.3) is 5.56 Å². The molecule has 2 aromatic carbocycles. The molecular formula is C22H18FN5O6. The Bertz CT molecular complexity index is 1540. The van der Waals surface area contributed by atoms with Gasteiger partial charge in [-0.1, -0.05) is 17.3 Å². The molecule has 0 saturated heterocycles. The maximum atomic E-state index is 14.0. The number of aryl methyl sites for hydroxylation is 2. The molecule has 0 saturated carbocycles. The fourth-order valence-corrected chi connectivity index (χ4v) is 3.70. The number of carbonyl (C=O) groups excluding carboxylic acids is 1. The van der Waals surface area contributed by atoms with E-state index in [-0.39, 0.29) is 42.2 Å². The van der Waals surface area contributed by atoms with Crippen molar-refractivity contribution in [1.29, 1.82) is 0 Å². The normalized spacial score (nSPS) is 12.3. The second kappa shape index (κ2) is 8.46. The molecule has 4 aromatic rings. The topological polar surface area (TPSA) is 130 Å². The summed E-state index contributed by atoms with van der Waals surface area (Å²) in [5.74, 6) is 0.118. The molecule has 0 unspecified atom stereocenters. The van der Waals surface area contributed by atoms with Crippen LogP contribution in [0.2, 0.25) is 0 Å². The SMILES string of the molecule is Cc1noc(CCn2c(=O)c3cc4c(cc3n(CC(=O)Nc3ccccc3F)c2=O)OCO4)n1. The minimum atomic E-state index is -0.726. The van der Waals surface area contributed by atoms with Crippen LogP contribution >= 0.6 is 0 Å². The molecule has 0 bridgehead atoms. The van der Waals surface area contributed by atoms with Gasteiger partial charge in [0.2, 0.25) is 18.6 Å². The number of halogens is 1. The number of carbonyl (C=O) groups is 1. The summed E-state index contributed by atoms with van der Waals surface area (Å²) >= 11 is 0. The lowest BCUT2D eigenvalue weighted by atomic mass is 10.2. The third kappa shape index (κ3) is 3.89. The lowest BCUT2D eigenvalue weighted by Crippen LogP contribution is -2.42. The molecule has 12 heteroatoms. The smallest absolute Gasteiger partial charge is 0.331 e. The van der Waals surface area contributed by atoms with E-state index in [0.717, 1.165) is 9.13 Å². The van der Waals surface area contributed by atoms with Crippen LogP contribution in [0.15, 0.2) is 50.5 Å². The largest absolute Gasteiger partial charge is 0.454 e. The van der Waals surface area contributed by atoms with E-state index in [1.54, 1.807) is 13.0 Å². The third-order valence-electron chi connectivity index (χ3n) is 5.29. The number of aromatic nitrogens is 4. The summed E-state index contributed by atoms with van der Waals surface area (Å²) in [6.07, 6.45) is 0.132. The van der Waals surface area contributed by atoms with Crippen molar-refractivity contribution in [3.05, 3.63) is 74.8 Å². The monoisotopic (exact) mass is 467 g/mol. The summed E-state index contributed by atoms with van der Waals surface area (Å²) in [6.45, 7) is 1.09. The first kappa shape index (κ1) is 21.4. The number of nitrogens with one attached hydrogen (secondary N) is 1. The summed E-state index contributed by atoms with van der Waals surface area (Å²) in [5, 5.41) is 6.30. The minimum absolute atomic E-state index is 0.0254. The van der Waals surface area contributed by atoms with Crippen molar-refractivity contribution in [3.8, 4) is 11.5 Å². The summed E-state index contributed by atoms with van der Waals surface area (Å²) in [5.41, 5.74) is -1.13. The Morgan fingerprint density at radius 3 is 2.65 bits per heavy atom. The molecule has 1 aliphatic heterocycles. The highest BCUT2D eigenvalue weighted by Gasteiger charge is 2.22. The average molecular weight is 467 g/mol. The van der Waals surface area contributed by atoms with Crippen molar-refractivity contribution in [3.63, 3.8) is 0 Å². The Morgan fingerprint density at radius 2 is 1.91 bits per heavy atom. The predicted octanol–water partition coefficient (Wildman–Crippen LogP) is 1.60. The van der Waals surface area contributed by atoms with Crippen molar-refractivity contribution in [1.82, 2.24) is 19.3 Å². The number of para-hydroxylation sites is 1. The second-order valence-corrected chi connectivity index (χ2v) is 7.56. The number of fused-ring (bicyclic) bond motifs is 2. The number of amides is 1. The molecule has 0 spiro atoms. The second-order valence-electron chi connectivity index (χ2n) is 7.56. The molecule has 0 fully saturated rings. The van der Waals surface area contributed by atoms with Gasteiger partial charge in [-0.2, -0.15) is 4.98 Å². The van der Waals surface area contributed by atoms with Crippen molar-refractivity contribution in [2.24, 2.45) is 0 Å². The average Bonchev–Trinajstić information content (AvgIpc) is 3.45. The zero-order valence-corrected chi connectivity index (χ0v) is 17.9. The van der Waals surface area contributed by atoms with Crippen molar-refractivity contribution >= 4 is 22.5 Å². The van der Waals surface area contributed by atoms with E-state index in [1.807, 2.05) is 0 Å². The molecule has 34 heavy (non-hydrogen) atoms. The minimum Gasteiger partial charge on any atom is -0.454 e. The van der Waals surface area contributed by atoms with Crippen LogP contribution < -0.4 is 26.0 Å². The number of hydrogen-bond donors (Lipinski definition) is 1. The zero-order valence-electron chi connectivity index (χ0n) is 17.9. The van der Waals surface area contributed by atoms with Gasteiger partial charge < -0.3 is 19.3 Å². The first-order valence-electron chi connectivity index (χ1n) is 10.3. The number of hydrogen-bond acceptors (Lipinski definition) is 8. The fourth-order valence-electron chi connectivity index (χ4n) is 3.70. The maximum Gasteiger partial charge on any atom is 0.331 e. The molecule has 1 amide bonds. The van der Waals surface area contributed by atoms with Crippen molar-refractivity contribution in [2.75, 3.05) is 12.1 Å². The van der Waals surface area contributed by atoms with E-state index in [4.69, 9.17) is 14.0 Å². The molecule has 0 radical (unpaired) electrons. The van der Waals surface area contributed by atoms with Crippen LogP contribution in [-0.4, -0.2) is 32.0 Å². The summed E-state index contributed by atoms with van der Waals surface area (Å²) in [4.78, 5) is 43.3. The van der Waals surface area contributed by atoms with Crippen molar-refractivity contribution in [2.45, 2.75) is 26.4 Å². The van der Waals surface area contributed by atoms with Crippen LogP contribution in [0.4, 0.5) is 10.1 Å². The highest BCUT2D eigenvalue weighted by molar-refractivity contribution is 5.92. The van der Waals surface area contributed by atoms with Gasteiger partial charge in [0.15, 0.2) is 17.3 Å². The number of rotatable bonds is 6. The van der Waals surface area contributed by atoms with E-state index in [1.165, 1.54) is 30.3 Å². The fraction of sp³-hybridized carbons (Fsp3) is 0.227. The number of nitrogens with zero attached hydrogens (tertiary/aromatic N) is 4. The van der Waals surface area contributed by atoms with Gasteiger partial charge >= 0.3 is 5.69 Å². The van der Waals surface area contributed by atoms with Gasteiger partial charge in [0, 0.05) is 19.0 Å². The first-order chi connectivity index (χ1) is 16.4. The Balaban J connectivity index is 1.57. The van der Waals surface area contributed by atoms with Gasteiger partial charge in [-0.3, -0.25) is 18.7 Å². The van der Waals surface area contributed by atoms with Crippen LogP contribution in [0.3, 0.4) is 0 Å². The molecule has 2 aromatic heterocycles. The van der Waals surface area contributed by atoms with E-state index >= 15 is 0 Å². The number of ether oxygens (including phenoxy) is 2. The van der Waals surface area contributed by atoms with Crippen LogP contribution in [0.1, 0.15) is 11.7 Å². The lowest BCUT2D eigenvalue weighted by molar-refractivity contribution is -0.116. The molecule has 0 aliphatic carbocycles. The molecule has 3 heterocycles. The van der Waals surface area contributed by atoms with Crippen LogP contribution in [0.5, 0.6) is 11.5 Å². The molecule has 174 valence electrons. The Kier molecular flexibility index (Phi) is 5.32. The maximum absolute atomic E-state index is 14.0. The van der Waals surface area contributed by atoms with Gasteiger partial charge in [-0.15, -0.1) is 0 Å². The highest BCUT2D eigenvalue weighted by Crippen LogP contribution is 2.34. The number of benzene rings is 2. The summed E-state index contributed by atoms with van der Waals surface area (Å²) in [7, 11) is 0. The quantitative estimate of drug-likeness (QED) is 0.453. The Labute approximate surface area is 190 Å². The van der Waals surface area contributed by atoms with Crippen LogP contribution in [-0.2, 0) is 24.3 Å². The van der Waals surface area contributed by atoms with Gasteiger partial charge in [-0.05, 0) is 25.1 Å². The standard InChI is InChI=1S/C22H18FN5O6/c1-12-24-20(34-26-12)6-7-27-21(30)13-8-17-18(33-11-32-17)9-16(13)28(22(27)31)10-19(29)25-15-5-3-2-4-14(15)23/h2-5,8-9H,6-7,10-11H2,1H3,(H,25,29). The van der Waals surface area contributed by atoms with E-state index in [2.05, 4.69) is 15.5 Å². The van der Waals surface area contributed by atoms with Crippen LogP contribution in [0.25, 0.3) is 10.9 Å².